The van der Waals surface area contributed by atoms with Crippen molar-refractivity contribution >= 4 is 52.4 Å². The van der Waals surface area contributed by atoms with Gasteiger partial charge < -0.3 is 44.6 Å². The molecule has 2 aromatic carbocycles. The van der Waals surface area contributed by atoms with E-state index in [0.717, 1.165) is 75.2 Å². The molecule has 362 valence electrons. The van der Waals surface area contributed by atoms with Gasteiger partial charge in [0.15, 0.2) is 0 Å². The van der Waals surface area contributed by atoms with E-state index in [-0.39, 0.29) is 35.6 Å². The Balaban J connectivity index is 0.000000853. The van der Waals surface area contributed by atoms with Crippen molar-refractivity contribution in [3.05, 3.63) is 101 Å². The van der Waals surface area contributed by atoms with Crippen molar-refractivity contribution in [1.29, 1.82) is 0 Å². The van der Waals surface area contributed by atoms with Gasteiger partial charge in [-0.2, -0.15) is 13.2 Å². The number of alkyl carbamates (subject to hydrolysis) is 2. The number of halogens is 4. The Morgan fingerprint density at radius 2 is 1.61 bits per heavy atom. The van der Waals surface area contributed by atoms with Crippen LogP contribution in [0.2, 0.25) is 5.15 Å². The maximum absolute atomic E-state index is 13.9. The van der Waals surface area contributed by atoms with Crippen LogP contribution in [0.5, 0.6) is 0 Å². The van der Waals surface area contributed by atoms with Crippen molar-refractivity contribution in [3.8, 4) is 33.6 Å². The van der Waals surface area contributed by atoms with Crippen LogP contribution >= 0.6 is 11.6 Å². The summed E-state index contributed by atoms with van der Waals surface area (Å²) in [5, 5.41) is 14.1. The fourth-order valence-electron chi connectivity index (χ4n) is 9.42. The third-order valence-electron chi connectivity index (χ3n) is 12.8. The van der Waals surface area contributed by atoms with Gasteiger partial charge in [0.2, 0.25) is 5.91 Å². The number of amides is 3. The highest BCUT2D eigenvalue weighted by Crippen LogP contribution is 2.41. The predicted octanol–water partition coefficient (Wildman–Crippen LogP) is 8.33. The normalized spacial score (nSPS) is 19.3. The molecule has 0 bridgehead atoms. The number of nitrogens with one attached hydrogen (secondary N) is 4. The summed E-state index contributed by atoms with van der Waals surface area (Å²) in [5.41, 5.74) is 8.09. The van der Waals surface area contributed by atoms with Crippen molar-refractivity contribution in [3.63, 3.8) is 0 Å². The number of rotatable bonds is 9. The third-order valence-corrected chi connectivity index (χ3v) is 13.1. The Morgan fingerprint density at radius 3 is 2.30 bits per heavy atom. The van der Waals surface area contributed by atoms with Crippen LogP contribution in [0.25, 0.3) is 44.5 Å². The molecule has 5 atom stereocenters. The van der Waals surface area contributed by atoms with Gasteiger partial charge in [0, 0.05) is 66.1 Å². The van der Waals surface area contributed by atoms with E-state index in [9.17, 15) is 32.3 Å². The number of H-pyrrole nitrogens is 2. The molecule has 9 rings (SSSR count). The van der Waals surface area contributed by atoms with Gasteiger partial charge in [0.05, 0.1) is 43.6 Å². The average molecular weight is 972 g/mol. The number of carbonyl (C=O) groups is 5. The highest BCUT2D eigenvalue weighted by Gasteiger charge is 2.42. The molecular weight excluding hydrogens is 923 g/mol. The lowest BCUT2D eigenvalue weighted by Crippen LogP contribution is -2.51. The first kappa shape index (κ1) is 48.2. The van der Waals surface area contributed by atoms with E-state index in [0.29, 0.717) is 42.6 Å². The molecule has 1 saturated heterocycles. The number of hydrogen-bond donors (Lipinski definition) is 5. The van der Waals surface area contributed by atoms with Crippen molar-refractivity contribution in [2.75, 3.05) is 20.8 Å². The first-order valence-electron chi connectivity index (χ1n) is 22.3. The standard InChI is InChI=1S/C46H48ClN9O6.C2HF3O2/c1-24(2)38(53-46(60)62-4)44(58)56-16-5-6-35(56)43-52-39(41(47)54-43)26-9-7-25(8-10-26)28-11-12-29-18-30(21-48-33(29)19-28)34-22-49-42(50-34)31-20-36(57)37-32(51-45(59)61-3)14-13-27-15-17-55(23-31)40(27)37;3-2(4,5)1(6)7/h7-12,15,17-19,21-22,24,31-32,35,37-38H,5-6,13-14,16,20,23H2,1-4H3,(H,49,50)(H,51,59)(H,52,54)(H,53,60);(H,6,7)/t31-,32-,35-,37?,38-;/m0./s1. The molecule has 4 aromatic heterocycles. The number of likely N-dealkylation sites (tertiary alicyclic amines) is 1. The van der Waals surface area contributed by atoms with Crippen LogP contribution < -0.4 is 10.6 Å². The van der Waals surface area contributed by atoms with E-state index in [1.807, 2.05) is 50.5 Å². The summed E-state index contributed by atoms with van der Waals surface area (Å²) >= 11 is 6.73. The van der Waals surface area contributed by atoms with E-state index in [1.54, 1.807) is 11.1 Å². The van der Waals surface area contributed by atoms with Crippen LogP contribution in [0, 0.1) is 5.92 Å². The molecule has 6 heterocycles. The highest BCUT2D eigenvalue weighted by atomic mass is 35.5. The van der Waals surface area contributed by atoms with E-state index < -0.39 is 36.3 Å². The topological polar surface area (TPSA) is 227 Å². The van der Waals surface area contributed by atoms with Crippen LogP contribution in [0.3, 0.4) is 0 Å². The molecule has 5 N–H and O–H groups in total. The Kier molecular flexibility index (Phi) is 13.8. The summed E-state index contributed by atoms with van der Waals surface area (Å²) in [6.45, 7) is 4.92. The van der Waals surface area contributed by atoms with Gasteiger partial charge in [-0.1, -0.05) is 61.8 Å². The SMILES string of the molecule is COC(=O)N[C@H]1CCc2ccn3c2C1C(=O)C[C@H](c1ncc(-c2cnc4cc(-c5ccc(-c6nc([C@@H]7CCCN7C(=O)[C@@H](NC(=O)OC)C(C)C)[nH]c6Cl)cc5)ccc4c2)[nH]1)C3.O=C(O)C(F)(F)F. The molecule has 0 radical (unpaired) electrons. The maximum Gasteiger partial charge on any atom is 0.490 e. The molecule has 0 saturated carbocycles. The number of hydrogen-bond acceptors (Lipinski definition) is 10. The zero-order chi connectivity index (χ0) is 49.3. The van der Waals surface area contributed by atoms with Crippen molar-refractivity contribution in [1.82, 2.24) is 45.0 Å². The Morgan fingerprint density at radius 1 is 0.899 bits per heavy atom. The van der Waals surface area contributed by atoms with Crippen molar-refractivity contribution < 1.29 is 51.7 Å². The van der Waals surface area contributed by atoms with Crippen LogP contribution in [0.1, 0.15) is 80.3 Å². The summed E-state index contributed by atoms with van der Waals surface area (Å²) in [6.07, 6.45) is 2.70. The molecule has 21 heteroatoms. The lowest BCUT2D eigenvalue weighted by atomic mass is 9.79. The average Bonchev–Trinajstić information content (AvgIpc) is 4.16. The summed E-state index contributed by atoms with van der Waals surface area (Å²) in [5.74, 6) is -2.25. The number of aliphatic carboxylic acids is 1. The van der Waals surface area contributed by atoms with Crippen molar-refractivity contribution in [2.24, 2.45) is 5.92 Å². The molecule has 1 aliphatic carbocycles. The summed E-state index contributed by atoms with van der Waals surface area (Å²) < 4.78 is 43.5. The Bertz CT molecular complexity index is 2910. The zero-order valence-electron chi connectivity index (χ0n) is 37.9. The number of aryl methyl sites for hydroxylation is 1. The number of carboxylic acids is 1. The summed E-state index contributed by atoms with van der Waals surface area (Å²) in [4.78, 5) is 83.5. The number of aromatic nitrogens is 6. The second kappa shape index (κ2) is 19.8. The van der Waals surface area contributed by atoms with Crippen LogP contribution in [-0.2, 0) is 36.8 Å². The molecule has 69 heavy (non-hydrogen) atoms. The number of nitrogens with zero attached hydrogens (tertiary/aromatic N) is 5. The largest absolute Gasteiger partial charge is 0.490 e. The number of carbonyl (C=O) groups excluding carboxylic acids is 4. The van der Waals surface area contributed by atoms with Gasteiger partial charge in [-0.3, -0.25) is 14.6 Å². The number of methoxy groups -OCH3 is 2. The van der Waals surface area contributed by atoms with Gasteiger partial charge in [-0.25, -0.2) is 24.4 Å². The highest BCUT2D eigenvalue weighted by molar-refractivity contribution is 6.32. The molecule has 1 fully saturated rings. The van der Waals surface area contributed by atoms with E-state index in [4.69, 9.17) is 45.9 Å². The number of imidazole rings is 2. The molecule has 3 amide bonds. The molecule has 2 aliphatic heterocycles. The first-order chi connectivity index (χ1) is 32.9. The molecule has 17 nitrogen and oxygen atoms in total. The van der Waals surface area contributed by atoms with Crippen molar-refractivity contribution in [2.45, 2.75) is 88.6 Å². The fraction of sp³-hybridized carbons (Fsp3) is 0.375. The molecule has 0 spiro atoms. The monoisotopic (exact) mass is 971 g/mol. The zero-order valence-corrected chi connectivity index (χ0v) is 38.7. The smallest absolute Gasteiger partial charge is 0.475 e. The number of alkyl halides is 3. The molecular formula is C48H49ClF3N9O8. The number of benzene rings is 2. The number of pyridine rings is 1. The number of Topliss-reactive ketones (excluding diaryl/α,β-unsaturated/α-hetero) is 1. The van der Waals surface area contributed by atoms with E-state index >= 15 is 0 Å². The first-order valence-corrected chi connectivity index (χ1v) is 22.6. The van der Waals surface area contributed by atoms with E-state index in [1.165, 1.54) is 14.2 Å². The minimum atomic E-state index is -5.08. The second-order valence-electron chi connectivity index (χ2n) is 17.5. The molecule has 1 unspecified atom stereocenters. The summed E-state index contributed by atoms with van der Waals surface area (Å²) in [7, 11) is 2.61. The van der Waals surface area contributed by atoms with Gasteiger partial charge in [-0.05, 0) is 66.5 Å². The quantitative estimate of drug-likeness (QED) is 0.0926. The second-order valence-corrected chi connectivity index (χ2v) is 17.9. The fourth-order valence-corrected chi connectivity index (χ4v) is 9.66. The number of ether oxygens (including phenoxy) is 2. The van der Waals surface area contributed by atoms with E-state index in [2.05, 4.69) is 55.5 Å². The Hall–Kier alpha value is -7.22. The minimum Gasteiger partial charge on any atom is -0.475 e. The lowest BCUT2D eigenvalue weighted by molar-refractivity contribution is -0.192. The lowest BCUT2D eigenvalue weighted by Gasteiger charge is -2.31. The summed E-state index contributed by atoms with van der Waals surface area (Å²) in [6, 6.07) is 17.0. The number of ketones is 1. The van der Waals surface area contributed by atoms with Gasteiger partial charge in [0.25, 0.3) is 0 Å². The van der Waals surface area contributed by atoms with Crippen LogP contribution in [0.15, 0.2) is 73.2 Å². The molecule has 3 aliphatic rings. The number of aromatic amines is 2. The molecule has 6 aromatic rings. The van der Waals surface area contributed by atoms with Gasteiger partial charge in [0.1, 0.15) is 34.3 Å². The van der Waals surface area contributed by atoms with Crippen LogP contribution in [0.4, 0.5) is 22.8 Å². The maximum atomic E-state index is 13.9. The Labute approximate surface area is 398 Å². The number of fused-ring (bicyclic) bond motifs is 1. The van der Waals surface area contributed by atoms with Crippen LogP contribution in [-0.4, -0.2) is 108 Å². The van der Waals surface area contributed by atoms with Gasteiger partial charge in [-0.15, -0.1) is 0 Å². The minimum absolute atomic E-state index is 0.0819. The predicted molar refractivity (Wildman–Crippen MR) is 246 cm³/mol. The third kappa shape index (κ3) is 10.2. The number of carboxylic acid groups (broad SMARTS) is 1. The van der Waals surface area contributed by atoms with Gasteiger partial charge >= 0.3 is 24.3 Å².